The molecule has 1 aromatic heterocycles. The van der Waals surface area contributed by atoms with Gasteiger partial charge in [0, 0.05) is 48.8 Å². The van der Waals surface area contributed by atoms with Gasteiger partial charge in [-0.1, -0.05) is 50.8 Å². The van der Waals surface area contributed by atoms with Crippen LogP contribution < -0.4 is 4.74 Å². The Morgan fingerprint density at radius 2 is 2.06 bits per heavy atom. The molecule has 0 saturated heterocycles. The number of benzene rings is 1. The van der Waals surface area contributed by atoms with Gasteiger partial charge in [0.25, 0.3) is 5.91 Å². The normalized spacial score (nSPS) is 19.1. The molecule has 34 heavy (non-hydrogen) atoms. The molecular formula is C27H34FN3O3. The number of amides is 1. The molecule has 0 radical (unpaired) electrons. The predicted molar refractivity (Wildman–Crippen MR) is 130 cm³/mol. The molecule has 1 N–H and O–H groups in total. The lowest BCUT2D eigenvalue weighted by Crippen LogP contribution is -2.49. The maximum absolute atomic E-state index is 14.1. The number of hydrogen-bond donors (Lipinski definition) is 1. The van der Waals surface area contributed by atoms with E-state index in [0.717, 1.165) is 0 Å². The minimum atomic E-state index is -0.358. The van der Waals surface area contributed by atoms with E-state index in [0.29, 0.717) is 36.3 Å². The van der Waals surface area contributed by atoms with Crippen LogP contribution in [0.4, 0.5) is 4.39 Å². The smallest absolute Gasteiger partial charge is 0.259 e. The molecule has 2 aromatic rings. The van der Waals surface area contributed by atoms with Crippen LogP contribution in [0.25, 0.3) is 0 Å². The molecule has 3 rings (SSSR count). The van der Waals surface area contributed by atoms with Gasteiger partial charge >= 0.3 is 0 Å². The number of carbonyl (C=O) groups excluding carboxylic acids is 1. The first-order valence-electron chi connectivity index (χ1n) is 11.7. The fourth-order valence-electron chi connectivity index (χ4n) is 3.91. The summed E-state index contributed by atoms with van der Waals surface area (Å²) in [6.07, 6.45) is 1.32. The Morgan fingerprint density at radius 1 is 1.32 bits per heavy atom. The molecule has 0 fully saturated rings. The van der Waals surface area contributed by atoms with Gasteiger partial charge in [-0.15, -0.1) is 0 Å². The highest BCUT2D eigenvalue weighted by Gasteiger charge is 2.34. The Hall–Kier alpha value is -2.95. The Balaban J connectivity index is 1.91. The molecule has 1 amide bonds. The maximum Gasteiger partial charge on any atom is 0.259 e. The van der Waals surface area contributed by atoms with Gasteiger partial charge in [-0.05, 0) is 26.1 Å². The molecule has 1 aromatic carbocycles. The summed E-state index contributed by atoms with van der Waals surface area (Å²) in [7, 11) is 1.92. The Bertz CT molecular complexity index is 1060. The number of fused-ring (bicyclic) bond motifs is 1. The monoisotopic (exact) mass is 467 g/mol. The van der Waals surface area contributed by atoms with Crippen LogP contribution in [0.1, 0.15) is 49.2 Å². The van der Waals surface area contributed by atoms with E-state index >= 15 is 0 Å². The minimum Gasteiger partial charge on any atom is -0.472 e. The van der Waals surface area contributed by atoms with Crippen molar-refractivity contribution in [3.8, 4) is 17.7 Å². The van der Waals surface area contributed by atoms with Crippen LogP contribution in [0.3, 0.4) is 0 Å². The number of nitrogens with zero attached hydrogens (tertiary/aromatic N) is 3. The maximum atomic E-state index is 14.1. The topological polar surface area (TPSA) is 65.9 Å². The number of aromatic nitrogens is 1. The summed E-state index contributed by atoms with van der Waals surface area (Å²) in [4.78, 5) is 21.6. The van der Waals surface area contributed by atoms with Crippen LogP contribution in [0, 0.1) is 29.5 Å². The van der Waals surface area contributed by atoms with Crippen molar-refractivity contribution in [3.63, 3.8) is 0 Å². The molecule has 2 heterocycles. The second-order valence-corrected chi connectivity index (χ2v) is 9.41. The van der Waals surface area contributed by atoms with Crippen molar-refractivity contribution < 1.29 is 19.0 Å². The average molecular weight is 468 g/mol. The number of carbonyl (C=O) groups is 1. The molecule has 0 spiro atoms. The van der Waals surface area contributed by atoms with Crippen molar-refractivity contribution in [2.24, 2.45) is 11.8 Å². The standard InChI is InChI=1S/C27H34FN3O3/c1-18(2)10-11-21-12-23-26(29-13-21)34-25(19(3)14-31(27(23)33)20(4)17-32)16-30(5)15-22-8-6-7-9-24(22)28/h6-9,12-13,18-20,25,32H,14-17H2,1-5H3/t19-,20+,25-/m1/s1. The third kappa shape index (κ3) is 6.34. The van der Waals surface area contributed by atoms with Gasteiger partial charge < -0.3 is 14.7 Å². The highest BCUT2D eigenvalue weighted by molar-refractivity contribution is 5.97. The van der Waals surface area contributed by atoms with Crippen LogP contribution in [-0.4, -0.2) is 64.7 Å². The number of likely N-dealkylation sites (N-methyl/N-ethyl adjacent to an activating group) is 1. The van der Waals surface area contributed by atoms with Crippen LogP contribution in [0.5, 0.6) is 5.88 Å². The number of rotatable bonds is 6. The van der Waals surface area contributed by atoms with E-state index in [1.807, 2.05) is 45.7 Å². The van der Waals surface area contributed by atoms with Crippen LogP contribution in [-0.2, 0) is 6.54 Å². The fraction of sp³-hybridized carbons (Fsp3) is 0.481. The molecule has 0 unspecified atom stereocenters. The lowest BCUT2D eigenvalue weighted by Gasteiger charge is -2.37. The van der Waals surface area contributed by atoms with Gasteiger partial charge in [0.2, 0.25) is 5.88 Å². The van der Waals surface area contributed by atoms with E-state index < -0.39 is 0 Å². The van der Waals surface area contributed by atoms with Crippen molar-refractivity contribution in [1.29, 1.82) is 0 Å². The molecule has 0 saturated carbocycles. The molecule has 7 heteroatoms. The van der Waals surface area contributed by atoms with E-state index in [1.165, 1.54) is 6.07 Å². The van der Waals surface area contributed by atoms with Crippen molar-refractivity contribution in [2.75, 3.05) is 26.7 Å². The van der Waals surface area contributed by atoms with Crippen molar-refractivity contribution in [3.05, 3.63) is 59.0 Å². The summed E-state index contributed by atoms with van der Waals surface area (Å²) >= 11 is 0. The summed E-state index contributed by atoms with van der Waals surface area (Å²) in [5, 5.41) is 9.80. The number of pyridine rings is 1. The van der Waals surface area contributed by atoms with E-state index in [1.54, 1.807) is 29.3 Å². The first kappa shape index (κ1) is 25.7. The fourth-order valence-corrected chi connectivity index (χ4v) is 3.91. The average Bonchev–Trinajstić information content (AvgIpc) is 2.81. The highest BCUT2D eigenvalue weighted by atomic mass is 19.1. The molecule has 0 bridgehead atoms. The van der Waals surface area contributed by atoms with Crippen LogP contribution in [0.15, 0.2) is 36.5 Å². The number of halogens is 1. The quantitative estimate of drug-likeness (QED) is 0.658. The summed E-state index contributed by atoms with van der Waals surface area (Å²) in [5.74, 6) is 6.08. The van der Waals surface area contributed by atoms with E-state index in [2.05, 4.69) is 16.8 Å². The Morgan fingerprint density at radius 3 is 2.74 bits per heavy atom. The molecule has 1 aliphatic heterocycles. The number of ether oxygens (including phenoxy) is 1. The summed E-state index contributed by atoms with van der Waals surface area (Å²) in [6, 6.07) is 8.08. The SMILES string of the molecule is CC(C)C#Cc1cnc2c(c1)C(=O)N([C@@H](C)CO)C[C@@H](C)[C@@H](CN(C)Cc1ccccc1F)O2. The van der Waals surface area contributed by atoms with E-state index in [9.17, 15) is 14.3 Å². The molecule has 0 aliphatic carbocycles. The second-order valence-electron chi connectivity index (χ2n) is 9.41. The van der Waals surface area contributed by atoms with Gasteiger partial charge in [-0.3, -0.25) is 9.69 Å². The Labute approximate surface area is 201 Å². The summed E-state index contributed by atoms with van der Waals surface area (Å²) < 4.78 is 20.4. The zero-order chi connectivity index (χ0) is 24.8. The van der Waals surface area contributed by atoms with Gasteiger partial charge in [0.15, 0.2) is 0 Å². The number of aliphatic hydroxyl groups is 1. The minimum absolute atomic E-state index is 0.0450. The molecule has 1 aliphatic rings. The van der Waals surface area contributed by atoms with Crippen molar-refractivity contribution >= 4 is 5.91 Å². The van der Waals surface area contributed by atoms with E-state index in [-0.39, 0.29) is 48.2 Å². The van der Waals surface area contributed by atoms with Gasteiger partial charge in [-0.2, -0.15) is 0 Å². The first-order valence-corrected chi connectivity index (χ1v) is 11.7. The Kier molecular flexibility index (Phi) is 8.65. The van der Waals surface area contributed by atoms with E-state index in [4.69, 9.17) is 4.74 Å². The zero-order valence-electron chi connectivity index (χ0n) is 20.6. The highest BCUT2D eigenvalue weighted by Crippen LogP contribution is 2.27. The molecule has 6 nitrogen and oxygen atoms in total. The second kappa shape index (κ2) is 11.5. The number of aliphatic hydroxyl groups excluding tert-OH is 1. The van der Waals surface area contributed by atoms with Crippen molar-refractivity contribution in [2.45, 2.75) is 46.4 Å². The van der Waals surface area contributed by atoms with Crippen LogP contribution >= 0.6 is 0 Å². The molecular weight excluding hydrogens is 433 g/mol. The molecule has 3 atom stereocenters. The lowest BCUT2D eigenvalue weighted by molar-refractivity contribution is 0.0324. The van der Waals surface area contributed by atoms with Gasteiger partial charge in [0.05, 0.1) is 12.6 Å². The lowest BCUT2D eigenvalue weighted by atomic mass is 9.99. The summed E-state index contributed by atoms with van der Waals surface area (Å²) in [5.41, 5.74) is 1.59. The molecule has 182 valence electrons. The van der Waals surface area contributed by atoms with Crippen LogP contribution in [0.2, 0.25) is 0 Å². The zero-order valence-corrected chi connectivity index (χ0v) is 20.6. The number of hydrogen-bond acceptors (Lipinski definition) is 5. The van der Waals surface area contributed by atoms with Crippen molar-refractivity contribution in [1.82, 2.24) is 14.8 Å². The van der Waals surface area contributed by atoms with Gasteiger partial charge in [0.1, 0.15) is 17.5 Å². The third-order valence-corrected chi connectivity index (χ3v) is 5.92. The summed E-state index contributed by atoms with van der Waals surface area (Å²) in [6.45, 7) is 9.04. The van der Waals surface area contributed by atoms with Gasteiger partial charge in [-0.25, -0.2) is 9.37 Å². The predicted octanol–water partition coefficient (Wildman–Crippen LogP) is 3.58. The first-order chi connectivity index (χ1) is 16.2. The third-order valence-electron chi connectivity index (χ3n) is 5.92. The largest absolute Gasteiger partial charge is 0.472 e.